The quantitative estimate of drug-likeness (QED) is 0.695. The minimum atomic E-state index is -0.782. The Morgan fingerprint density at radius 2 is 2.00 bits per heavy atom. The predicted octanol–water partition coefficient (Wildman–Crippen LogP) is 1.32. The summed E-state index contributed by atoms with van der Waals surface area (Å²) in [5, 5.41) is 6.06. The Balaban J connectivity index is 2.74. The first-order chi connectivity index (χ1) is 8.82. The molecule has 0 atom stereocenters. The van der Waals surface area contributed by atoms with Gasteiger partial charge in [-0.25, -0.2) is 14.8 Å². The molecule has 0 aliphatic heterocycles. The van der Waals surface area contributed by atoms with Crippen molar-refractivity contribution in [3.63, 3.8) is 0 Å². The molecule has 0 radical (unpaired) electrons. The molecule has 0 aliphatic carbocycles. The normalized spacial score (nSPS) is 10.9. The number of hydrogen-bond donors (Lipinski definition) is 3. The fraction of sp³-hybridized carbons (Fsp3) is 0.583. The van der Waals surface area contributed by atoms with Gasteiger partial charge in [0.05, 0.1) is 6.54 Å². The maximum Gasteiger partial charge on any atom is 0.404 e. The predicted molar refractivity (Wildman–Crippen MR) is 74.3 cm³/mol. The molecule has 1 rings (SSSR count). The number of ether oxygens (including phenoxy) is 1. The van der Waals surface area contributed by atoms with E-state index in [4.69, 9.17) is 5.73 Å². The van der Waals surface area contributed by atoms with Crippen LogP contribution >= 0.6 is 0 Å². The highest BCUT2D eigenvalue weighted by atomic mass is 16.5. The Labute approximate surface area is 113 Å². The van der Waals surface area contributed by atoms with E-state index in [1.807, 2.05) is 20.8 Å². The molecule has 0 aromatic carbocycles. The van der Waals surface area contributed by atoms with Crippen LogP contribution in [0.3, 0.4) is 0 Å². The smallest absolute Gasteiger partial charge is 0.404 e. The van der Waals surface area contributed by atoms with E-state index in [0.717, 1.165) is 11.6 Å². The summed E-state index contributed by atoms with van der Waals surface area (Å²) >= 11 is 0. The fourth-order valence-electron chi connectivity index (χ4n) is 1.33. The number of primary amides is 1. The first-order valence-electron chi connectivity index (χ1n) is 6.06. The number of rotatable bonds is 5. The lowest BCUT2D eigenvalue weighted by Gasteiger charge is -2.18. The molecular weight excluding hydrogens is 246 g/mol. The van der Waals surface area contributed by atoms with Gasteiger partial charge >= 0.3 is 6.09 Å². The Bertz CT molecular complexity index is 442. The highest BCUT2D eigenvalue weighted by Gasteiger charge is 2.18. The summed E-state index contributed by atoms with van der Waals surface area (Å²) in [5.74, 6) is 2.15. The molecule has 0 spiro atoms. The van der Waals surface area contributed by atoms with Crippen LogP contribution in [0.4, 0.5) is 16.4 Å². The molecule has 1 aromatic rings. The number of aromatic nitrogens is 2. The second kappa shape index (κ2) is 6.21. The van der Waals surface area contributed by atoms with Gasteiger partial charge in [-0.15, -0.1) is 0 Å². The Morgan fingerprint density at radius 1 is 1.37 bits per heavy atom. The molecule has 0 bridgehead atoms. The molecular formula is C12H21N5O2. The monoisotopic (exact) mass is 267 g/mol. The zero-order chi connectivity index (χ0) is 14.5. The molecule has 1 amide bonds. The van der Waals surface area contributed by atoms with Gasteiger partial charge in [0, 0.05) is 18.5 Å². The van der Waals surface area contributed by atoms with Gasteiger partial charge < -0.3 is 21.1 Å². The summed E-state index contributed by atoms with van der Waals surface area (Å²) in [6.07, 6.45) is -0.782. The maximum atomic E-state index is 10.4. The van der Waals surface area contributed by atoms with Crippen molar-refractivity contribution in [2.45, 2.75) is 26.2 Å². The lowest BCUT2D eigenvalue weighted by Crippen LogP contribution is -2.21. The maximum absolute atomic E-state index is 10.4. The van der Waals surface area contributed by atoms with Crippen molar-refractivity contribution >= 4 is 17.7 Å². The first kappa shape index (κ1) is 15.0. The molecule has 1 aromatic heterocycles. The third-order valence-corrected chi connectivity index (χ3v) is 2.31. The van der Waals surface area contributed by atoms with Crippen LogP contribution in [-0.4, -0.2) is 36.3 Å². The minimum Gasteiger partial charge on any atom is -0.448 e. The minimum absolute atomic E-state index is 0.146. The van der Waals surface area contributed by atoms with Gasteiger partial charge in [-0.1, -0.05) is 20.8 Å². The zero-order valence-corrected chi connectivity index (χ0v) is 11.8. The summed E-state index contributed by atoms with van der Waals surface area (Å²) in [7, 11) is 1.80. The average molecular weight is 267 g/mol. The first-order valence-corrected chi connectivity index (χ1v) is 6.06. The molecule has 1 heterocycles. The summed E-state index contributed by atoms with van der Waals surface area (Å²) in [6, 6.07) is 1.79. The van der Waals surface area contributed by atoms with Gasteiger partial charge in [0.25, 0.3) is 0 Å². The topological polar surface area (TPSA) is 102 Å². The van der Waals surface area contributed by atoms with Crippen molar-refractivity contribution in [3.8, 4) is 0 Å². The third-order valence-electron chi connectivity index (χ3n) is 2.31. The van der Waals surface area contributed by atoms with Crippen molar-refractivity contribution in [1.82, 2.24) is 9.97 Å². The van der Waals surface area contributed by atoms with Gasteiger partial charge in [0.2, 0.25) is 0 Å². The van der Waals surface area contributed by atoms with Crippen molar-refractivity contribution in [1.29, 1.82) is 0 Å². The molecule has 0 aliphatic rings. The number of nitrogens with one attached hydrogen (secondary N) is 2. The Morgan fingerprint density at radius 3 is 2.53 bits per heavy atom. The van der Waals surface area contributed by atoms with E-state index in [1.165, 1.54) is 0 Å². The van der Waals surface area contributed by atoms with E-state index < -0.39 is 6.09 Å². The van der Waals surface area contributed by atoms with E-state index in [0.29, 0.717) is 12.4 Å². The summed E-state index contributed by atoms with van der Waals surface area (Å²) in [6.45, 7) is 6.76. The lowest BCUT2D eigenvalue weighted by molar-refractivity contribution is 0.161. The highest BCUT2D eigenvalue weighted by Crippen LogP contribution is 2.21. The van der Waals surface area contributed by atoms with E-state index in [1.54, 1.807) is 13.1 Å². The molecule has 0 saturated carbocycles. The average Bonchev–Trinajstić information content (AvgIpc) is 2.33. The van der Waals surface area contributed by atoms with Gasteiger partial charge in [0.1, 0.15) is 24.1 Å². The number of nitrogens with zero attached hydrogens (tertiary/aromatic N) is 2. The van der Waals surface area contributed by atoms with Crippen LogP contribution in [0, 0.1) is 0 Å². The number of hydrogen-bond acceptors (Lipinski definition) is 6. The largest absolute Gasteiger partial charge is 0.448 e. The van der Waals surface area contributed by atoms with Gasteiger partial charge in [-0.05, 0) is 0 Å². The molecule has 7 nitrogen and oxygen atoms in total. The van der Waals surface area contributed by atoms with Crippen molar-refractivity contribution in [2.24, 2.45) is 5.73 Å². The van der Waals surface area contributed by atoms with E-state index in [-0.39, 0.29) is 12.0 Å². The number of carbonyl (C=O) groups excluding carboxylic acids is 1. The number of amides is 1. The Hall–Kier alpha value is -2.05. The summed E-state index contributed by atoms with van der Waals surface area (Å²) < 4.78 is 4.63. The highest BCUT2D eigenvalue weighted by molar-refractivity contribution is 5.64. The number of carbonyl (C=O) groups is 1. The number of nitrogens with two attached hydrogens (primary N) is 1. The number of anilines is 2. The standard InChI is InChI=1S/C12H21N5O2/c1-12(2,3)10-16-8(14-4)7-9(17-10)15-5-6-19-11(13)18/h7H,5-6H2,1-4H3,(H2,13,18)(H2,14,15,16,17). The third kappa shape index (κ3) is 4.99. The van der Waals surface area contributed by atoms with Crippen molar-refractivity contribution < 1.29 is 9.53 Å². The summed E-state index contributed by atoms with van der Waals surface area (Å²) in [4.78, 5) is 19.3. The van der Waals surface area contributed by atoms with E-state index in [9.17, 15) is 4.79 Å². The Kier molecular flexibility index (Phi) is 4.91. The molecule has 0 unspecified atom stereocenters. The molecule has 4 N–H and O–H groups in total. The van der Waals surface area contributed by atoms with Gasteiger partial charge in [-0.2, -0.15) is 0 Å². The summed E-state index contributed by atoms with van der Waals surface area (Å²) in [5.41, 5.74) is 4.73. The SMILES string of the molecule is CNc1cc(NCCOC(N)=O)nc(C(C)(C)C)n1. The van der Waals surface area contributed by atoms with Gasteiger partial charge in [-0.3, -0.25) is 0 Å². The second-order valence-electron chi connectivity index (χ2n) is 5.06. The molecule has 0 saturated heterocycles. The van der Waals surface area contributed by atoms with Crippen LogP contribution in [0.1, 0.15) is 26.6 Å². The van der Waals surface area contributed by atoms with Crippen LogP contribution in [-0.2, 0) is 10.2 Å². The van der Waals surface area contributed by atoms with Crippen LogP contribution in [0.5, 0.6) is 0 Å². The molecule has 7 heteroatoms. The van der Waals surface area contributed by atoms with Crippen molar-refractivity contribution in [3.05, 3.63) is 11.9 Å². The zero-order valence-electron chi connectivity index (χ0n) is 11.8. The molecule has 0 fully saturated rings. The second-order valence-corrected chi connectivity index (χ2v) is 5.06. The van der Waals surface area contributed by atoms with Crippen LogP contribution in [0.25, 0.3) is 0 Å². The lowest BCUT2D eigenvalue weighted by atomic mass is 9.96. The van der Waals surface area contributed by atoms with Gasteiger partial charge in [0.15, 0.2) is 0 Å². The van der Waals surface area contributed by atoms with Crippen LogP contribution in [0.15, 0.2) is 6.07 Å². The van der Waals surface area contributed by atoms with Crippen molar-refractivity contribution in [2.75, 3.05) is 30.8 Å². The molecule has 106 valence electrons. The van der Waals surface area contributed by atoms with E-state index in [2.05, 4.69) is 25.3 Å². The fourth-order valence-corrected chi connectivity index (χ4v) is 1.33. The molecule has 19 heavy (non-hydrogen) atoms. The van der Waals surface area contributed by atoms with E-state index >= 15 is 0 Å². The van der Waals surface area contributed by atoms with Crippen LogP contribution < -0.4 is 16.4 Å². The van der Waals surface area contributed by atoms with Crippen LogP contribution in [0.2, 0.25) is 0 Å².